The van der Waals surface area contributed by atoms with Gasteiger partial charge >= 0.3 is 5.97 Å². The Morgan fingerprint density at radius 2 is 1.83 bits per heavy atom. The van der Waals surface area contributed by atoms with Crippen molar-refractivity contribution < 1.29 is 14.3 Å². The van der Waals surface area contributed by atoms with Crippen LogP contribution < -0.4 is 10.2 Å². The second kappa shape index (κ2) is 8.69. The molecule has 2 aromatic rings. The van der Waals surface area contributed by atoms with E-state index in [-0.39, 0.29) is 5.91 Å². The van der Waals surface area contributed by atoms with E-state index in [1.165, 1.54) is 5.69 Å². The minimum atomic E-state index is -0.412. The zero-order valence-electron chi connectivity index (χ0n) is 17.9. The minimum absolute atomic E-state index is 0.267. The summed E-state index contributed by atoms with van der Waals surface area (Å²) in [4.78, 5) is 32.7. The lowest BCUT2D eigenvalue weighted by Gasteiger charge is -2.34. The quantitative estimate of drug-likeness (QED) is 0.757. The first kappa shape index (κ1) is 20.9. The number of aryl methyl sites for hydroxylation is 2. The standard InChI is InChI=1S/C22H30N4O3/c1-6-29-22(28)19-15(3)20(23-16(19)4)21(27)24-18-8-7-17(13-14(18)2)26-11-9-25(5)10-12-26/h7-8,13,23H,6,9-12H2,1-5H3,(H,24,27). The molecule has 1 aromatic carbocycles. The number of carbonyl (C=O) groups excluding carboxylic acids is 2. The van der Waals surface area contributed by atoms with Crippen LogP contribution in [-0.2, 0) is 4.74 Å². The monoisotopic (exact) mass is 398 g/mol. The lowest BCUT2D eigenvalue weighted by molar-refractivity contribution is 0.0525. The van der Waals surface area contributed by atoms with Crippen molar-refractivity contribution in [3.8, 4) is 0 Å². The van der Waals surface area contributed by atoms with E-state index in [1.54, 1.807) is 20.8 Å². The molecule has 7 heteroatoms. The van der Waals surface area contributed by atoms with E-state index < -0.39 is 5.97 Å². The van der Waals surface area contributed by atoms with Crippen LogP contribution in [0.2, 0.25) is 0 Å². The molecule has 1 saturated heterocycles. The van der Waals surface area contributed by atoms with Gasteiger partial charge in [0.25, 0.3) is 5.91 Å². The van der Waals surface area contributed by atoms with Crippen molar-refractivity contribution in [3.63, 3.8) is 0 Å². The molecule has 1 aliphatic heterocycles. The number of nitrogens with one attached hydrogen (secondary N) is 2. The molecular weight excluding hydrogens is 368 g/mol. The number of likely N-dealkylation sites (N-methyl/N-ethyl adjacent to an activating group) is 1. The van der Waals surface area contributed by atoms with Gasteiger partial charge in [-0.3, -0.25) is 4.79 Å². The third-order valence-corrected chi connectivity index (χ3v) is 5.47. The van der Waals surface area contributed by atoms with Crippen LogP contribution in [0, 0.1) is 20.8 Å². The van der Waals surface area contributed by atoms with Crippen LogP contribution in [0.3, 0.4) is 0 Å². The topological polar surface area (TPSA) is 77.7 Å². The van der Waals surface area contributed by atoms with E-state index >= 15 is 0 Å². The van der Waals surface area contributed by atoms with Crippen molar-refractivity contribution in [1.29, 1.82) is 0 Å². The molecule has 2 N–H and O–H groups in total. The van der Waals surface area contributed by atoms with Gasteiger partial charge in [-0.15, -0.1) is 0 Å². The Balaban J connectivity index is 1.76. The van der Waals surface area contributed by atoms with Crippen molar-refractivity contribution in [1.82, 2.24) is 9.88 Å². The van der Waals surface area contributed by atoms with Crippen molar-refractivity contribution in [2.24, 2.45) is 0 Å². The fourth-order valence-electron chi connectivity index (χ4n) is 3.72. The van der Waals surface area contributed by atoms with Crippen LogP contribution >= 0.6 is 0 Å². The molecule has 0 spiro atoms. The lowest BCUT2D eigenvalue weighted by Crippen LogP contribution is -2.44. The van der Waals surface area contributed by atoms with Gasteiger partial charge in [0, 0.05) is 43.2 Å². The van der Waals surface area contributed by atoms with Crippen molar-refractivity contribution >= 4 is 23.3 Å². The van der Waals surface area contributed by atoms with Gasteiger partial charge in [-0.2, -0.15) is 0 Å². The van der Waals surface area contributed by atoms with Gasteiger partial charge in [-0.25, -0.2) is 4.79 Å². The largest absolute Gasteiger partial charge is 0.462 e. The van der Waals surface area contributed by atoms with Crippen molar-refractivity contribution in [3.05, 3.63) is 46.3 Å². The first-order chi connectivity index (χ1) is 13.8. The summed E-state index contributed by atoms with van der Waals surface area (Å²) in [6.45, 7) is 11.7. The van der Waals surface area contributed by atoms with Gasteiger partial charge in [-0.05, 0) is 64.1 Å². The van der Waals surface area contributed by atoms with Crippen LogP contribution in [0.25, 0.3) is 0 Å². The Morgan fingerprint density at radius 1 is 1.14 bits per heavy atom. The molecule has 2 heterocycles. The summed E-state index contributed by atoms with van der Waals surface area (Å²) in [5.74, 6) is -0.679. The maximum absolute atomic E-state index is 12.8. The maximum atomic E-state index is 12.8. The van der Waals surface area contributed by atoms with Crippen LogP contribution in [0.5, 0.6) is 0 Å². The van der Waals surface area contributed by atoms with Crippen LogP contribution in [-0.4, -0.2) is 61.6 Å². The molecule has 156 valence electrons. The third-order valence-electron chi connectivity index (χ3n) is 5.47. The molecule has 29 heavy (non-hydrogen) atoms. The molecule has 1 amide bonds. The lowest BCUT2D eigenvalue weighted by atomic mass is 10.1. The number of nitrogens with zero attached hydrogens (tertiary/aromatic N) is 2. The van der Waals surface area contributed by atoms with Crippen LogP contribution in [0.15, 0.2) is 18.2 Å². The molecule has 0 radical (unpaired) electrons. The van der Waals surface area contributed by atoms with Gasteiger partial charge in [-0.1, -0.05) is 0 Å². The van der Waals surface area contributed by atoms with E-state index in [2.05, 4.69) is 33.2 Å². The van der Waals surface area contributed by atoms with E-state index in [4.69, 9.17) is 4.74 Å². The Hall–Kier alpha value is -2.80. The Bertz CT molecular complexity index is 911. The normalized spacial score (nSPS) is 14.7. The summed E-state index contributed by atoms with van der Waals surface area (Å²) >= 11 is 0. The van der Waals surface area contributed by atoms with Crippen LogP contribution in [0.4, 0.5) is 11.4 Å². The number of ether oxygens (including phenoxy) is 1. The summed E-state index contributed by atoms with van der Waals surface area (Å²) in [5.41, 5.74) is 4.98. The molecule has 3 rings (SSSR count). The molecule has 0 aliphatic carbocycles. The fourth-order valence-corrected chi connectivity index (χ4v) is 3.72. The minimum Gasteiger partial charge on any atom is -0.462 e. The number of aromatic amines is 1. The number of rotatable bonds is 5. The number of amides is 1. The van der Waals surface area contributed by atoms with Crippen LogP contribution in [0.1, 0.15) is 44.6 Å². The van der Waals surface area contributed by atoms with E-state index in [9.17, 15) is 9.59 Å². The molecule has 1 aliphatic rings. The van der Waals surface area contributed by atoms with Gasteiger partial charge in [0.15, 0.2) is 0 Å². The number of hydrogen-bond acceptors (Lipinski definition) is 5. The van der Waals surface area contributed by atoms with E-state index in [0.717, 1.165) is 37.4 Å². The van der Waals surface area contributed by atoms with Gasteiger partial charge in [0.1, 0.15) is 5.69 Å². The van der Waals surface area contributed by atoms with Crippen molar-refractivity contribution in [2.45, 2.75) is 27.7 Å². The number of hydrogen-bond donors (Lipinski definition) is 2. The summed E-state index contributed by atoms with van der Waals surface area (Å²) in [6.07, 6.45) is 0. The number of esters is 1. The molecule has 0 bridgehead atoms. The Labute approximate surface area is 172 Å². The van der Waals surface area contributed by atoms with Gasteiger partial charge < -0.3 is 24.8 Å². The number of H-pyrrole nitrogens is 1. The number of aromatic nitrogens is 1. The summed E-state index contributed by atoms with van der Waals surface area (Å²) in [7, 11) is 2.14. The van der Waals surface area contributed by atoms with E-state index in [0.29, 0.717) is 29.1 Å². The SMILES string of the molecule is CCOC(=O)c1c(C)[nH]c(C(=O)Nc2ccc(N3CCN(C)CC3)cc2C)c1C. The number of carbonyl (C=O) groups is 2. The number of anilines is 2. The Morgan fingerprint density at radius 3 is 2.45 bits per heavy atom. The predicted octanol–water partition coefficient (Wildman–Crippen LogP) is 3.12. The zero-order valence-corrected chi connectivity index (χ0v) is 17.9. The first-order valence-corrected chi connectivity index (χ1v) is 10.0. The number of benzene rings is 1. The summed E-state index contributed by atoms with van der Waals surface area (Å²) < 4.78 is 5.10. The number of piperazine rings is 1. The van der Waals surface area contributed by atoms with Gasteiger partial charge in [0.2, 0.25) is 0 Å². The predicted molar refractivity (Wildman–Crippen MR) is 115 cm³/mol. The molecule has 7 nitrogen and oxygen atoms in total. The molecule has 1 aromatic heterocycles. The molecule has 1 fully saturated rings. The third kappa shape index (κ3) is 4.45. The zero-order chi connectivity index (χ0) is 21.1. The highest BCUT2D eigenvalue weighted by molar-refractivity contribution is 6.07. The average Bonchev–Trinajstić information content (AvgIpc) is 2.98. The average molecular weight is 399 g/mol. The smallest absolute Gasteiger partial charge is 0.340 e. The highest BCUT2D eigenvalue weighted by Crippen LogP contribution is 2.25. The van der Waals surface area contributed by atoms with Gasteiger partial charge in [0.05, 0.1) is 12.2 Å². The first-order valence-electron chi connectivity index (χ1n) is 10.0. The highest BCUT2D eigenvalue weighted by Gasteiger charge is 2.23. The van der Waals surface area contributed by atoms with Crippen molar-refractivity contribution in [2.75, 3.05) is 50.1 Å². The molecular formula is C22H30N4O3. The van der Waals surface area contributed by atoms with E-state index in [1.807, 2.05) is 19.1 Å². The molecule has 0 saturated carbocycles. The summed E-state index contributed by atoms with van der Waals surface area (Å²) in [6, 6.07) is 6.10. The summed E-state index contributed by atoms with van der Waals surface area (Å²) in [5, 5.41) is 2.97. The Kier molecular flexibility index (Phi) is 6.27. The fraction of sp³-hybridized carbons (Fsp3) is 0.455. The molecule has 0 atom stereocenters. The second-order valence-electron chi connectivity index (χ2n) is 7.59. The second-order valence-corrected chi connectivity index (χ2v) is 7.59. The maximum Gasteiger partial charge on any atom is 0.340 e. The molecule has 0 unspecified atom stereocenters. The highest BCUT2D eigenvalue weighted by atomic mass is 16.5.